The molecular weight excluding hydrogens is 415 g/mol. The Kier molecular flexibility index (Phi) is 7.57. The number of aryl methyl sites for hydroxylation is 1. The number of rotatable bonds is 5. The Balaban J connectivity index is 0.00000242. The van der Waals surface area contributed by atoms with Crippen LogP contribution in [0.1, 0.15) is 24.0 Å². The molecule has 0 radical (unpaired) electrons. The average Bonchev–Trinajstić information content (AvgIpc) is 2.43. The van der Waals surface area contributed by atoms with Crippen LogP contribution in [-0.2, 0) is 22.9 Å². The van der Waals surface area contributed by atoms with Crippen molar-refractivity contribution in [2.75, 3.05) is 24.7 Å². The summed E-state index contributed by atoms with van der Waals surface area (Å²) in [6.45, 7) is 0.551. The number of nitrogens with one attached hydrogen (secondary N) is 2. The van der Waals surface area contributed by atoms with Gasteiger partial charge < -0.3 is 11.1 Å². The number of nitrogens with zero attached hydrogens (tertiary/aromatic N) is 1. The Bertz CT molecular complexity index is 632. The van der Waals surface area contributed by atoms with Gasteiger partial charge in [-0.1, -0.05) is 12.1 Å². The topological polar surface area (TPSA) is 96.6 Å². The molecule has 1 aliphatic rings. The third-order valence-corrected chi connectivity index (χ3v) is 4.15. The lowest BCUT2D eigenvalue weighted by Crippen LogP contribution is -2.28. The average molecular weight is 438 g/mol. The fourth-order valence-corrected chi connectivity index (χ4v) is 2.95. The van der Waals surface area contributed by atoms with Crippen molar-refractivity contribution in [3.63, 3.8) is 0 Å². The van der Waals surface area contributed by atoms with Crippen LogP contribution in [0.15, 0.2) is 23.2 Å². The second-order valence-electron chi connectivity index (χ2n) is 5.21. The summed E-state index contributed by atoms with van der Waals surface area (Å²) in [6, 6.07) is 6.18. The largest absolute Gasteiger partial charge is 0.370 e. The van der Waals surface area contributed by atoms with Crippen LogP contribution in [0.3, 0.4) is 0 Å². The van der Waals surface area contributed by atoms with Crippen LogP contribution in [-0.4, -0.2) is 33.7 Å². The standard InChI is InChI=1S/C14H22N4O2S.HI/c1-21(19,20)17-10-9-16-14(15)18-13-8-4-6-11-5-2-3-7-12(11)13;/h4,6,8,17H,2-3,5,7,9-10H2,1H3,(H3,15,16,18);1H. The van der Waals surface area contributed by atoms with Gasteiger partial charge in [0, 0.05) is 12.2 Å². The summed E-state index contributed by atoms with van der Waals surface area (Å²) in [4.78, 5) is 4.13. The van der Waals surface area contributed by atoms with E-state index in [-0.39, 0.29) is 30.5 Å². The van der Waals surface area contributed by atoms with Crippen LogP contribution in [0.2, 0.25) is 0 Å². The van der Waals surface area contributed by atoms with E-state index in [9.17, 15) is 8.42 Å². The minimum atomic E-state index is -3.17. The van der Waals surface area contributed by atoms with E-state index in [2.05, 4.69) is 21.1 Å². The molecule has 0 bridgehead atoms. The lowest BCUT2D eigenvalue weighted by molar-refractivity contribution is 0.588. The maximum Gasteiger partial charge on any atom is 0.208 e. The first kappa shape index (κ1) is 19.2. The molecule has 0 amide bonds. The molecule has 1 aromatic rings. The van der Waals surface area contributed by atoms with Crippen molar-refractivity contribution < 1.29 is 8.42 Å². The first-order valence-electron chi connectivity index (χ1n) is 7.08. The molecule has 8 heteroatoms. The highest BCUT2D eigenvalue weighted by atomic mass is 127. The Labute approximate surface area is 149 Å². The maximum absolute atomic E-state index is 10.9. The van der Waals surface area contributed by atoms with Gasteiger partial charge in [0.1, 0.15) is 0 Å². The fraction of sp³-hybridized carbons (Fsp3) is 0.500. The van der Waals surface area contributed by atoms with Crippen LogP contribution in [0.25, 0.3) is 0 Å². The Morgan fingerprint density at radius 1 is 1.32 bits per heavy atom. The number of fused-ring (bicyclic) bond motifs is 1. The van der Waals surface area contributed by atoms with Gasteiger partial charge in [0.25, 0.3) is 0 Å². The lowest BCUT2D eigenvalue weighted by Gasteiger charge is -2.19. The van der Waals surface area contributed by atoms with Gasteiger partial charge >= 0.3 is 0 Å². The number of hydrogen-bond acceptors (Lipinski definition) is 3. The second kappa shape index (κ2) is 8.68. The van der Waals surface area contributed by atoms with Gasteiger partial charge in [0.15, 0.2) is 5.96 Å². The molecule has 0 saturated heterocycles. The molecule has 0 atom stereocenters. The highest BCUT2D eigenvalue weighted by molar-refractivity contribution is 14.0. The van der Waals surface area contributed by atoms with Crippen molar-refractivity contribution in [2.45, 2.75) is 25.7 Å². The first-order valence-corrected chi connectivity index (χ1v) is 8.97. The molecule has 4 N–H and O–H groups in total. The van der Waals surface area contributed by atoms with Crippen molar-refractivity contribution in [3.05, 3.63) is 29.3 Å². The number of guanidine groups is 1. The molecule has 0 unspecified atom stereocenters. The first-order chi connectivity index (χ1) is 9.96. The Morgan fingerprint density at radius 2 is 2.05 bits per heavy atom. The zero-order valence-electron chi connectivity index (χ0n) is 12.6. The van der Waals surface area contributed by atoms with Crippen LogP contribution in [0, 0.1) is 0 Å². The third kappa shape index (κ3) is 6.09. The summed E-state index contributed by atoms with van der Waals surface area (Å²) < 4.78 is 24.2. The van der Waals surface area contributed by atoms with Gasteiger partial charge in [-0.2, -0.15) is 0 Å². The Hall–Kier alpha value is -0.870. The van der Waals surface area contributed by atoms with E-state index < -0.39 is 10.0 Å². The molecule has 0 heterocycles. The maximum atomic E-state index is 10.9. The van der Waals surface area contributed by atoms with E-state index in [1.807, 2.05) is 12.1 Å². The molecule has 2 rings (SSSR count). The molecule has 0 saturated carbocycles. The monoisotopic (exact) mass is 438 g/mol. The SMILES string of the molecule is CS(=O)(=O)NCCN=C(N)Nc1cccc2c1CCCC2.I. The molecule has 6 nitrogen and oxygen atoms in total. The quantitative estimate of drug-likeness (QED) is 0.281. The number of sulfonamides is 1. The smallest absolute Gasteiger partial charge is 0.208 e. The number of anilines is 1. The highest BCUT2D eigenvalue weighted by Gasteiger charge is 2.12. The lowest BCUT2D eigenvalue weighted by atomic mass is 9.90. The van der Waals surface area contributed by atoms with Crippen molar-refractivity contribution in [2.24, 2.45) is 10.7 Å². The summed E-state index contributed by atoms with van der Waals surface area (Å²) >= 11 is 0. The second-order valence-corrected chi connectivity index (χ2v) is 7.04. The van der Waals surface area contributed by atoms with E-state index in [1.54, 1.807) is 0 Å². The van der Waals surface area contributed by atoms with Gasteiger partial charge in [-0.05, 0) is 42.9 Å². The molecular formula is C14H23IN4O2S. The van der Waals surface area contributed by atoms with Crippen molar-refractivity contribution >= 4 is 45.6 Å². The van der Waals surface area contributed by atoms with E-state index >= 15 is 0 Å². The molecule has 0 fully saturated rings. The van der Waals surface area contributed by atoms with Gasteiger partial charge in [-0.25, -0.2) is 13.1 Å². The molecule has 124 valence electrons. The Morgan fingerprint density at radius 3 is 2.77 bits per heavy atom. The number of halogens is 1. The van der Waals surface area contributed by atoms with E-state index in [1.165, 1.54) is 24.0 Å². The summed E-state index contributed by atoms with van der Waals surface area (Å²) in [7, 11) is -3.17. The van der Waals surface area contributed by atoms with Gasteiger partial charge in [0.05, 0.1) is 12.8 Å². The summed E-state index contributed by atoms with van der Waals surface area (Å²) in [6.07, 6.45) is 5.72. The van der Waals surface area contributed by atoms with Gasteiger partial charge in [-0.3, -0.25) is 4.99 Å². The predicted octanol–water partition coefficient (Wildman–Crippen LogP) is 1.46. The molecule has 0 spiro atoms. The third-order valence-electron chi connectivity index (χ3n) is 3.42. The fourth-order valence-electron chi connectivity index (χ4n) is 2.48. The molecule has 1 aromatic carbocycles. The molecule has 0 aliphatic heterocycles. The normalized spacial score (nSPS) is 14.9. The predicted molar refractivity (Wildman–Crippen MR) is 101 cm³/mol. The molecule has 22 heavy (non-hydrogen) atoms. The summed E-state index contributed by atoms with van der Waals surface area (Å²) in [5, 5.41) is 3.12. The van der Waals surface area contributed by atoms with E-state index in [0.29, 0.717) is 12.5 Å². The summed E-state index contributed by atoms with van der Waals surface area (Å²) in [5.41, 5.74) is 9.54. The zero-order chi connectivity index (χ0) is 15.3. The molecule has 0 aromatic heterocycles. The number of nitrogens with two attached hydrogens (primary N) is 1. The van der Waals surface area contributed by atoms with Crippen LogP contribution >= 0.6 is 24.0 Å². The molecule has 1 aliphatic carbocycles. The summed E-state index contributed by atoms with van der Waals surface area (Å²) in [5.74, 6) is 0.310. The zero-order valence-corrected chi connectivity index (χ0v) is 15.8. The van der Waals surface area contributed by atoms with Crippen molar-refractivity contribution in [1.82, 2.24) is 4.72 Å². The number of benzene rings is 1. The highest BCUT2D eigenvalue weighted by Crippen LogP contribution is 2.27. The minimum absolute atomic E-state index is 0. The van der Waals surface area contributed by atoms with Crippen LogP contribution in [0.5, 0.6) is 0 Å². The van der Waals surface area contributed by atoms with Crippen molar-refractivity contribution in [1.29, 1.82) is 0 Å². The number of hydrogen-bond donors (Lipinski definition) is 3. The van der Waals surface area contributed by atoms with Crippen LogP contribution in [0.4, 0.5) is 5.69 Å². The number of aliphatic imine (C=N–C) groups is 1. The van der Waals surface area contributed by atoms with E-state index in [0.717, 1.165) is 24.8 Å². The van der Waals surface area contributed by atoms with Crippen LogP contribution < -0.4 is 15.8 Å². The van der Waals surface area contributed by atoms with Crippen molar-refractivity contribution in [3.8, 4) is 0 Å². The van der Waals surface area contributed by atoms with Gasteiger partial charge in [-0.15, -0.1) is 24.0 Å². The minimum Gasteiger partial charge on any atom is -0.370 e. The van der Waals surface area contributed by atoms with E-state index in [4.69, 9.17) is 5.73 Å². The van der Waals surface area contributed by atoms with Gasteiger partial charge in [0.2, 0.25) is 10.0 Å².